The number of hydrazone groups is 1. The fourth-order valence-electron chi connectivity index (χ4n) is 4.58. The molecule has 10 heteroatoms. The third kappa shape index (κ3) is 9.14. The van der Waals surface area contributed by atoms with Gasteiger partial charge in [-0.05, 0) is 55.8 Å². The second kappa shape index (κ2) is 17.0. The van der Waals surface area contributed by atoms with Crippen molar-refractivity contribution in [3.63, 3.8) is 0 Å². The van der Waals surface area contributed by atoms with Crippen molar-refractivity contribution in [2.24, 2.45) is 5.10 Å². The van der Waals surface area contributed by atoms with Crippen molar-refractivity contribution >= 4 is 46.9 Å². The Labute approximate surface area is 261 Å². The number of hydrogen-bond acceptors (Lipinski definition) is 10. The van der Waals surface area contributed by atoms with E-state index in [4.69, 9.17) is 22.1 Å². The van der Waals surface area contributed by atoms with Crippen LogP contribution in [0.15, 0.2) is 65.9 Å². The van der Waals surface area contributed by atoms with Crippen molar-refractivity contribution in [3.8, 4) is 24.3 Å². The van der Waals surface area contributed by atoms with Gasteiger partial charge < -0.3 is 25.0 Å². The molecule has 0 saturated carbocycles. The summed E-state index contributed by atoms with van der Waals surface area (Å²) < 4.78 is 11.9. The minimum Gasteiger partial charge on any atom is -0.495 e. The molecule has 0 radical (unpaired) electrons. The second-order valence-corrected chi connectivity index (χ2v) is 10.6. The first-order valence-electron chi connectivity index (χ1n) is 14.4. The number of thiol groups is 1. The highest BCUT2D eigenvalue weighted by Crippen LogP contribution is 2.36. The largest absolute Gasteiger partial charge is 0.495 e. The van der Waals surface area contributed by atoms with Gasteiger partial charge in [-0.3, -0.25) is 5.01 Å². The van der Waals surface area contributed by atoms with Crippen LogP contribution in [0.5, 0.6) is 11.5 Å². The molecule has 228 valence electrons. The van der Waals surface area contributed by atoms with Gasteiger partial charge in [-0.2, -0.15) is 17.7 Å². The van der Waals surface area contributed by atoms with Gasteiger partial charge >= 0.3 is 0 Å². The highest BCUT2D eigenvalue weighted by molar-refractivity contribution is 7.81. The highest BCUT2D eigenvalue weighted by Gasteiger charge is 2.20. The zero-order valence-corrected chi connectivity index (χ0v) is 26.6. The fourth-order valence-corrected chi connectivity index (χ4v) is 4.91. The van der Waals surface area contributed by atoms with E-state index in [-0.39, 0.29) is 5.25 Å². The number of hydrogen-bond donors (Lipinski definition) is 3. The standard InChI is InChI=1S/C28H33N7O2S.C3H8.C2H2/c1-4-32-35-10-7-21(8-11-35)37-26-6-5-20(13-19(26)2)33-28-23-14-25(34-12-9-29-16-22(38)17-34)27(36-3)15-24(23)30-18-31-28;1-3-2;1-2/h4-8,10,13-15,18,22,29,38H,9,11-12,16-17H2,1-3H3,(H,30,31,33);3H2,1-2H3;1-2H/b32-4-;;. The van der Waals surface area contributed by atoms with Crippen molar-refractivity contribution in [3.05, 3.63) is 66.3 Å². The number of methoxy groups -OCH3 is 1. The number of nitrogens with one attached hydrogen (secondary N) is 2. The molecule has 1 atom stereocenters. The minimum absolute atomic E-state index is 0.231. The van der Waals surface area contributed by atoms with Crippen molar-refractivity contribution < 1.29 is 9.47 Å². The molecule has 2 aliphatic heterocycles. The number of nitrogens with zero attached hydrogens (tertiary/aromatic N) is 5. The van der Waals surface area contributed by atoms with E-state index >= 15 is 0 Å². The number of fused-ring (bicyclic) bond motifs is 1. The Morgan fingerprint density at radius 3 is 2.65 bits per heavy atom. The molecular weight excluding hydrogens is 558 g/mol. The predicted molar refractivity (Wildman–Crippen MR) is 183 cm³/mol. The highest BCUT2D eigenvalue weighted by atomic mass is 32.1. The number of terminal acetylenes is 1. The van der Waals surface area contributed by atoms with Crippen LogP contribution in [-0.4, -0.2) is 66.3 Å². The summed E-state index contributed by atoms with van der Waals surface area (Å²) in [4.78, 5) is 11.4. The van der Waals surface area contributed by atoms with E-state index in [1.807, 2.05) is 55.4 Å². The van der Waals surface area contributed by atoms with Crippen molar-refractivity contribution in [2.45, 2.75) is 39.4 Å². The normalized spacial score (nSPS) is 16.4. The molecule has 43 heavy (non-hydrogen) atoms. The molecule has 2 aliphatic rings. The molecule has 3 aromatic rings. The molecule has 5 rings (SSSR count). The summed E-state index contributed by atoms with van der Waals surface area (Å²) in [6.45, 7) is 12.3. The van der Waals surface area contributed by atoms with Crippen molar-refractivity contribution in [2.75, 3.05) is 50.1 Å². The topological polar surface area (TPSA) is 87.1 Å². The molecule has 0 amide bonds. The van der Waals surface area contributed by atoms with Gasteiger partial charge in [0.25, 0.3) is 0 Å². The molecule has 3 heterocycles. The SMILES string of the molecule is C#C.C/C=N\N1C=CC(Oc2ccc(Nc3ncnc4cc(OC)c(N5CCNCC(S)C5)cc34)cc2C)=CC1.CCC. The van der Waals surface area contributed by atoms with E-state index in [0.29, 0.717) is 6.54 Å². The number of aromatic nitrogens is 2. The molecule has 0 aliphatic carbocycles. The zero-order chi connectivity index (χ0) is 31.2. The van der Waals surface area contributed by atoms with Crippen LogP contribution in [-0.2, 0) is 0 Å². The van der Waals surface area contributed by atoms with Crippen LogP contribution in [0, 0.1) is 19.8 Å². The van der Waals surface area contributed by atoms with Crippen LogP contribution >= 0.6 is 12.6 Å². The molecule has 9 nitrogen and oxygen atoms in total. The molecule has 0 bridgehead atoms. The lowest BCUT2D eigenvalue weighted by Crippen LogP contribution is -2.30. The Morgan fingerprint density at radius 2 is 1.98 bits per heavy atom. The van der Waals surface area contributed by atoms with Gasteiger partial charge in [-0.15, -0.1) is 12.8 Å². The predicted octanol–water partition coefficient (Wildman–Crippen LogP) is 6.16. The monoisotopic (exact) mass is 601 g/mol. The van der Waals surface area contributed by atoms with Crippen LogP contribution in [0.2, 0.25) is 0 Å². The molecular formula is C33H43N7O2S. The Hall–Kier alpha value is -4.20. The first kappa shape index (κ1) is 33.3. The molecule has 1 unspecified atom stereocenters. The smallest absolute Gasteiger partial charge is 0.144 e. The molecule has 0 spiro atoms. The molecule has 2 aromatic carbocycles. The van der Waals surface area contributed by atoms with E-state index in [2.05, 4.69) is 69.4 Å². The number of ether oxygens (including phenoxy) is 2. The number of allylic oxidation sites excluding steroid dienone is 1. The maximum Gasteiger partial charge on any atom is 0.144 e. The maximum absolute atomic E-state index is 6.13. The van der Waals surface area contributed by atoms with E-state index < -0.39 is 0 Å². The summed E-state index contributed by atoms with van der Waals surface area (Å²) in [6.07, 6.45) is 18.4. The lowest BCUT2D eigenvalue weighted by atomic mass is 10.1. The Morgan fingerprint density at radius 1 is 1.19 bits per heavy atom. The average molecular weight is 602 g/mol. The first-order valence-corrected chi connectivity index (χ1v) is 15.0. The quantitative estimate of drug-likeness (QED) is 0.169. The molecule has 2 N–H and O–H groups in total. The summed E-state index contributed by atoms with van der Waals surface area (Å²) in [5.74, 6) is 3.12. The summed E-state index contributed by atoms with van der Waals surface area (Å²) in [6, 6.07) is 10.1. The third-order valence-corrected chi connectivity index (χ3v) is 6.81. The van der Waals surface area contributed by atoms with Crippen LogP contribution < -0.4 is 25.0 Å². The number of aryl methyl sites for hydroxylation is 1. The Bertz CT molecular complexity index is 1450. The van der Waals surface area contributed by atoms with Gasteiger partial charge in [0.1, 0.15) is 29.4 Å². The van der Waals surface area contributed by atoms with E-state index in [9.17, 15) is 0 Å². The van der Waals surface area contributed by atoms with E-state index in [1.165, 1.54) is 6.42 Å². The minimum atomic E-state index is 0.231. The lowest BCUT2D eigenvalue weighted by molar-refractivity contribution is 0.393. The van der Waals surface area contributed by atoms with Crippen LogP contribution in [0.3, 0.4) is 0 Å². The van der Waals surface area contributed by atoms with Crippen LogP contribution in [0.25, 0.3) is 10.9 Å². The second-order valence-electron chi connectivity index (χ2n) is 9.90. The Balaban J connectivity index is 0.000000953. The number of benzene rings is 2. The number of rotatable bonds is 7. The summed E-state index contributed by atoms with van der Waals surface area (Å²) >= 11 is 4.73. The average Bonchev–Trinajstić information content (AvgIpc) is 3.24. The molecule has 1 aromatic heterocycles. The van der Waals surface area contributed by atoms with Gasteiger partial charge in [-0.1, -0.05) is 20.3 Å². The van der Waals surface area contributed by atoms with Gasteiger partial charge in [0.05, 0.1) is 24.9 Å². The summed E-state index contributed by atoms with van der Waals surface area (Å²) in [5, 5.41) is 14.2. The van der Waals surface area contributed by atoms with Gasteiger partial charge in [0.15, 0.2) is 0 Å². The van der Waals surface area contributed by atoms with E-state index in [0.717, 1.165) is 77.1 Å². The van der Waals surface area contributed by atoms with Gasteiger partial charge in [-0.25, -0.2) is 9.97 Å². The maximum atomic E-state index is 6.13. The molecule has 1 saturated heterocycles. The summed E-state index contributed by atoms with van der Waals surface area (Å²) in [7, 11) is 1.69. The summed E-state index contributed by atoms with van der Waals surface area (Å²) in [5.41, 5.74) is 3.75. The first-order chi connectivity index (χ1) is 20.9. The van der Waals surface area contributed by atoms with Crippen LogP contribution in [0.1, 0.15) is 32.8 Å². The van der Waals surface area contributed by atoms with Crippen molar-refractivity contribution in [1.82, 2.24) is 20.3 Å². The van der Waals surface area contributed by atoms with Crippen molar-refractivity contribution in [1.29, 1.82) is 0 Å². The zero-order valence-electron chi connectivity index (χ0n) is 25.7. The van der Waals surface area contributed by atoms with Crippen LogP contribution in [0.4, 0.5) is 17.2 Å². The van der Waals surface area contributed by atoms with Gasteiger partial charge in [0, 0.05) is 61.0 Å². The van der Waals surface area contributed by atoms with Gasteiger partial charge in [0.2, 0.25) is 0 Å². The number of anilines is 3. The fraction of sp³-hybridized carbons (Fsp3) is 0.364. The third-order valence-electron chi connectivity index (χ3n) is 6.47. The molecule has 1 fully saturated rings. The Kier molecular flexibility index (Phi) is 13.2. The van der Waals surface area contributed by atoms with E-state index in [1.54, 1.807) is 19.7 Å². The lowest BCUT2D eigenvalue weighted by Gasteiger charge is -2.26.